The van der Waals surface area contributed by atoms with Crippen LogP contribution in [0.25, 0.3) is 0 Å². The third-order valence-corrected chi connectivity index (χ3v) is 2.40. The lowest BCUT2D eigenvalue weighted by Gasteiger charge is -2.13. The summed E-state index contributed by atoms with van der Waals surface area (Å²) in [5, 5.41) is 3.38. The molecular weight excluding hydrogens is 214 g/mol. The zero-order chi connectivity index (χ0) is 12.7. The second-order valence-electron chi connectivity index (χ2n) is 4.37. The molecule has 1 N–H and O–H groups in total. The molecule has 0 saturated carbocycles. The number of hydrogen-bond acceptors (Lipinski definition) is 3. The summed E-state index contributed by atoms with van der Waals surface area (Å²) in [5.41, 5.74) is 1.21. The molecule has 1 aromatic carbocycles. The van der Waals surface area contributed by atoms with E-state index in [1.165, 1.54) is 5.56 Å². The standard InChI is InChI=1S/C14H23NO2/c1-5-8-17-13-7-6-12(9-14(13)16-4)10-15-11(2)3/h6-7,9,11,15H,5,8,10H2,1-4H3. The average Bonchev–Trinajstić information content (AvgIpc) is 2.34. The zero-order valence-electron chi connectivity index (χ0n) is 11.2. The van der Waals surface area contributed by atoms with Gasteiger partial charge in [0.25, 0.3) is 0 Å². The highest BCUT2D eigenvalue weighted by atomic mass is 16.5. The first-order chi connectivity index (χ1) is 8.17. The smallest absolute Gasteiger partial charge is 0.161 e. The van der Waals surface area contributed by atoms with E-state index in [1.807, 2.05) is 12.1 Å². The summed E-state index contributed by atoms with van der Waals surface area (Å²) in [6.07, 6.45) is 1.000. The van der Waals surface area contributed by atoms with Crippen LogP contribution in [0.5, 0.6) is 11.5 Å². The molecule has 0 unspecified atom stereocenters. The largest absolute Gasteiger partial charge is 0.493 e. The van der Waals surface area contributed by atoms with Gasteiger partial charge < -0.3 is 14.8 Å². The van der Waals surface area contributed by atoms with E-state index in [9.17, 15) is 0 Å². The Morgan fingerprint density at radius 1 is 1.24 bits per heavy atom. The molecule has 0 fully saturated rings. The number of ether oxygens (including phenoxy) is 2. The maximum absolute atomic E-state index is 5.61. The highest BCUT2D eigenvalue weighted by Crippen LogP contribution is 2.28. The van der Waals surface area contributed by atoms with E-state index in [-0.39, 0.29) is 0 Å². The van der Waals surface area contributed by atoms with Gasteiger partial charge in [0.2, 0.25) is 0 Å². The number of benzene rings is 1. The van der Waals surface area contributed by atoms with Crippen LogP contribution < -0.4 is 14.8 Å². The molecule has 3 nitrogen and oxygen atoms in total. The first kappa shape index (κ1) is 13.8. The molecule has 0 aliphatic rings. The SMILES string of the molecule is CCCOc1ccc(CNC(C)C)cc1OC. The summed E-state index contributed by atoms with van der Waals surface area (Å²) < 4.78 is 10.9. The van der Waals surface area contributed by atoms with Crippen molar-refractivity contribution in [1.29, 1.82) is 0 Å². The Morgan fingerprint density at radius 2 is 2.00 bits per heavy atom. The second-order valence-corrected chi connectivity index (χ2v) is 4.37. The minimum Gasteiger partial charge on any atom is -0.493 e. The topological polar surface area (TPSA) is 30.5 Å². The van der Waals surface area contributed by atoms with Crippen molar-refractivity contribution in [2.45, 2.75) is 39.8 Å². The molecule has 17 heavy (non-hydrogen) atoms. The first-order valence-electron chi connectivity index (χ1n) is 6.20. The molecule has 0 aliphatic heterocycles. The molecule has 0 spiro atoms. The van der Waals surface area contributed by atoms with E-state index in [0.717, 1.165) is 31.1 Å². The number of methoxy groups -OCH3 is 1. The second kappa shape index (κ2) is 7.17. The summed E-state index contributed by atoms with van der Waals surface area (Å²) in [7, 11) is 1.67. The van der Waals surface area contributed by atoms with Crippen LogP contribution in [0.3, 0.4) is 0 Å². The van der Waals surface area contributed by atoms with Crippen LogP contribution in [0.1, 0.15) is 32.8 Å². The van der Waals surface area contributed by atoms with Gasteiger partial charge in [0.15, 0.2) is 11.5 Å². The van der Waals surface area contributed by atoms with Gasteiger partial charge >= 0.3 is 0 Å². The van der Waals surface area contributed by atoms with Crippen molar-refractivity contribution in [3.63, 3.8) is 0 Å². The summed E-state index contributed by atoms with van der Waals surface area (Å²) in [6.45, 7) is 7.93. The van der Waals surface area contributed by atoms with Crippen LogP contribution >= 0.6 is 0 Å². The lowest BCUT2D eigenvalue weighted by molar-refractivity contribution is 0.294. The number of nitrogens with one attached hydrogen (secondary N) is 1. The van der Waals surface area contributed by atoms with Crippen LogP contribution in [0.4, 0.5) is 0 Å². The van der Waals surface area contributed by atoms with Gasteiger partial charge in [-0.1, -0.05) is 26.8 Å². The van der Waals surface area contributed by atoms with Crippen LogP contribution in [0.15, 0.2) is 18.2 Å². The molecule has 96 valence electrons. The fourth-order valence-electron chi connectivity index (χ4n) is 1.48. The molecular formula is C14H23NO2. The van der Waals surface area contributed by atoms with Gasteiger partial charge in [-0.3, -0.25) is 0 Å². The van der Waals surface area contributed by atoms with Gasteiger partial charge in [-0.2, -0.15) is 0 Å². The van der Waals surface area contributed by atoms with E-state index < -0.39 is 0 Å². The molecule has 1 rings (SSSR count). The van der Waals surface area contributed by atoms with Crippen LogP contribution in [-0.2, 0) is 6.54 Å². The Labute approximate surface area is 104 Å². The molecule has 1 aromatic rings. The monoisotopic (exact) mass is 237 g/mol. The summed E-state index contributed by atoms with van der Waals surface area (Å²) in [5.74, 6) is 1.63. The molecule has 0 atom stereocenters. The predicted octanol–water partition coefficient (Wildman–Crippen LogP) is 2.98. The lowest BCUT2D eigenvalue weighted by atomic mass is 10.2. The number of rotatable bonds is 7. The van der Waals surface area contributed by atoms with Crippen molar-refractivity contribution >= 4 is 0 Å². The Morgan fingerprint density at radius 3 is 2.59 bits per heavy atom. The normalized spacial score (nSPS) is 10.6. The molecule has 3 heteroatoms. The molecule has 0 radical (unpaired) electrons. The maximum atomic E-state index is 5.61. The molecule has 0 aromatic heterocycles. The van der Waals surface area contributed by atoms with Gasteiger partial charge in [0.1, 0.15) is 0 Å². The number of hydrogen-bond donors (Lipinski definition) is 1. The minimum absolute atomic E-state index is 0.483. The molecule has 0 bridgehead atoms. The summed E-state index contributed by atoms with van der Waals surface area (Å²) >= 11 is 0. The van der Waals surface area contributed by atoms with Crippen LogP contribution in [-0.4, -0.2) is 19.8 Å². The van der Waals surface area contributed by atoms with E-state index in [2.05, 4.69) is 32.2 Å². The van der Waals surface area contributed by atoms with Crippen molar-refractivity contribution in [3.8, 4) is 11.5 Å². The fourth-order valence-corrected chi connectivity index (χ4v) is 1.48. The molecule has 0 aliphatic carbocycles. The van der Waals surface area contributed by atoms with Crippen molar-refractivity contribution in [2.75, 3.05) is 13.7 Å². The Balaban J connectivity index is 2.70. The minimum atomic E-state index is 0.483. The third-order valence-electron chi connectivity index (χ3n) is 2.40. The molecule has 0 heterocycles. The highest BCUT2D eigenvalue weighted by Gasteiger charge is 2.05. The van der Waals surface area contributed by atoms with Gasteiger partial charge in [0.05, 0.1) is 13.7 Å². The van der Waals surface area contributed by atoms with Gasteiger partial charge in [0, 0.05) is 12.6 Å². The lowest BCUT2D eigenvalue weighted by Crippen LogP contribution is -2.21. The van der Waals surface area contributed by atoms with Crippen molar-refractivity contribution < 1.29 is 9.47 Å². The Bertz CT molecular complexity index is 337. The highest BCUT2D eigenvalue weighted by molar-refractivity contribution is 5.42. The molecule has 0 amide bonds. The van der Waals surface area contributed by atoms with Gasteiger partial charge in [-0.25, -0.2) is 0 Å². The van der Waals surface area contributed by atoms with Crippen molar-refractivity contribution in [3.05, 3.63) is 23.8 Å². The fraction of sp³-hybridized carbons (Fsp3) is 0.571. The molecule has 0 saturated heterocycles. The van der Waals surface area contributed by atoms with Crippen molar-refractivity contribution in [1.82, 2.24) is 5.32 Å². The van der Waals surface area contributed by atoms with Crippen LogP contribution in [0.2, 0.25) is 0 Å². The predicted molar refractivity (Wildman–Crippen MR) is 70.8 cm³/mol. The van der Waals surface area contributed by atoms with E-state index in [0.29, 0.717) is 6.04 Å². The van der Waals surface area contributed by atoms with Crippen LogP contribution in [0, 0.1) is 0 Å². The van der Waals surface area contributed by atoms with Gasteiger partial charge in [-0.05, 0) is 24.1 Å². The summed E-state index contributed by atoms with van der Waals surface area (Å²) in [4.78, 5) is 0. The van der Waals surface area contributed by atoms with E-state index in [4.69, 9.17) is 9.47 Å². The quantitative estimate of drug-likeness (QED) is 0.791. The van der Waals surface area contributed by atoms with Gasteiger partial charge in [-0.15, -0.1) is 0 Å². The van der Waals surface area contributed by atoms with E-state index >= 15 is 0 Å². The Kier molecular flexibility index (Phi) is 5.84. The maximum Gasteiger partial charge on any atom is 0.161 e. The third kappa shape index (κ3) is 4.65. The zero-order valence-corrected chi connectivity index (χ0v) is 11.2. The first-order valence-corrected chi connectivity index (χ1v) is 6.20. The average molecular weight is 237 g/mol. The van der Waals surface area contributed by atoms with Crippen molar-refractivity contribution in [2.24, 2.45) is 0 Å². The summed E-state index contributed by atoms with van der Waals surface area (Å²) in [6, 6.07) is 6.56. The van der Waals surface area contributed by atoms with E-state index in [1.54, 1.807) is 7.11 Å². The Hall–Kier alpha value is -1.22.